The molecule has 2 aromatic rings. The summed E-state index contributed by atoms with van der Waals surface area (Å²) < 4.78 is 15.2. The molecule has 1 aromatic heterocycles. The van der Waals surface area contributed by atoms with Crippen molar-refractivity contribution in [2.45, 2.75) is 51.2 Å². The summed E-state index contributed by atoms with van der Waals surface area (Å²) >= 11 is 0. The van der Waals surface area contributed by atoms with Gasteiger partial charge in [0.2, 0.25) is 5.91 Å². The predicted molar refractivity (Wildman–Crippen MR) is 104 cm³/mol. The average molecular weight is 400 g/mol. The van der Waals surface area contributed by atoms with Crippen LogP contribution in [0.15, 0.2) is 24.3 Å². The molecule has 3 heterocycles. The molecule has 8 nitrogen and oxygen atoms in total. The van der Waals surface area contributed by atoms with E-state index >= 15 is 0 Å². The molecule has 0 aliphatic carbocycles. The molecule has 29 heavy (non-hydrogen) atoms. The lowest BCUT2D eigenvalue weighted by Gasteiger charge is -2.41. The van der Waals surface area contributed by atoms with Crippen molar-refractivity contribution in [1.82, 2.24) is 30.3 Å². The van der Waals surface area contributed by atoms with Gasteiger partial charge in [-0.15, -0.1) is 0 Å². The Morgan fingerprint density at radius 1 is 1.31 bits per heavy atom. The zero-order valence-corrected chi connectivity index (χ0v) is 16.6. The first-order chi connectivity index (χ1) is 13.8. The van der Waals surface area contributed by atoms with Crippen LogP contribution in [0, 0.1) is 5.82 Å². The van der Waals surface area contributed by atoms with Crippen LogP contribution >= 0.6 is 0 Å². The van der Waals surface area contributed by atoms with Gasteiger partial charge in [-0.2, -0.15) is 5.10 Å². The maximum absolute atomic E-state index is 13.6. The van der Waals surface area contributed by atoms with Crippen molar-refractivity contribution in [3.63, 3.8) is 0 Å². The number of piperidine rings is 1. The summed E-state index contributed by atoms with van der Waals surface area (Å²) in [5.74, 6) is 0.633. The van der Waals surface area contributed by atoms with E-state index < -0.39 is 5.54 Å². The smallest absolute Gasteiger partial charge is 0.317 e. The molecule has 0 bridgehead atoms. The predicted octanol–water partition coefficient (Wildman–Crippen LogP) is 1.71. The summed E-state index contributed by atoms with van der Waals surface area (Å²) in [7, 11) is 0. The molecule has 0 radical (unpaired) electrons. The molecule has 0 atom stereocenters. The molecule has 3 amide bonds. The van der Waals surface area contributed by atoms with Crippen molar-refractivity contribution in [1.29, 1.82) is 0 Å². The van der Waals surface area contributed by atoms with Gasteiger partial charge in [-0.3, -0.25) is 4.79 Å². The van der Waals surface area contributed by atoms with Crippen LogP contribution in [0.5, 0.6) is 0 Å². The third kappa shape index (κ3) is 4.08. The van der Waals surface area contributed by atoms with Crippen molar-refractivity contribution in [3.05, 3.63) is 35.9 Å². The van der Waals surface area contributed by atoms with E-state index in [1.54, 1.807) is 21.7 Å². The quantitative estimate of drug-likeness (QED) is 0.803. The van der Waals surface area contributed by atoms with Crippen LogP contribution in [0.3, 0.4) is 0 Å². The van der Waals surface area contributed by atoms with Gasteiger partial charge in [0.05, 0.1) is 5.54 Å². The number of hydrogen-bond donors (Lipinski definition) is 2. The number of fused-ring (bicyclic) bond motifs is 1. The first kappa shape index (κ1) is 19.4. The number of aromatic nitrogens is 3. The van der Waals surface area contributed by atoms with Crippen LogP contribution in [0.25, 0.3) is 11.4 Å². The zero-order valence-electron chi connectivity index (χ0n) is 16.6. The lowest BCUT2D eigenvalue weighted by molar-refractivity contribution is -0.123. The summed E-state index contributed by atoms with van der Waals surface area (Å²) in [4.78, 5) is 31.2. The topological polar surface area (TPSA) is 92.2 Å². The van der Waals surface area contributed by atoms with Gasteiger partial charge in [0.1, 0.15) is 18.2 Å². The Morgan fingerprint density at radius 3 is 2.76 bits per heavy atom. The number of nitrogens with one attached hydrogen (secondary N) is 2. The van der Waals surface area contributed by atoms with Gasteiger partial charge in [0.25, 0.3) is 0 Å². The highest BCUT2D eigenvalue weighted by molar-refractivity contribution is 5.77. The maximum Gasteiger partial charge on any atom is 0.317 e. The number of halogens is 1. The van der Waals surface area contributed by atoms with Crippen molar-refractivity contribution in [3.8, 4) is 11.4 Å². The van der Waals surface area contributed by atoms with Crippen LogP contribution in [-0.4, -0.2) is 56.3 Å². The fraction of sp³-hybridized carbons (Fsp3) is 0.500. The van der Waals surface area contributed by atoms with Gasteiger partial charge in [-0.25, -0.2) is 18.9 Å². The minimum Gasteiger partial charge on any atom is -0.348 e. The van der Waals surface area contributed by atoms with E-state index in [-0.39, 0.29) is 30.3 Å². The second kappa shape index (κ2) is 7.46. The monoisotopic (exact) mass is 400 g/mol. The molecule has 154 valence electrons. The standard InChI is InChI=1S/C20H25FN6O2/c1-13(2)22-19(29)26-8-6-20(7-9-26)11-16-23-18(14-4-3-5-15(21)10-14)25-27(16)12-17(28)24-20/h3-5,10,13H,6-9,11-12H2,1-2H3,(H,22,29)(H,24,28). The third-order valence-electron chi connectivity index (χ3n) is 5.45. The molecule has 2 aliphatic heterocycles. The minimum atomic E-state index is -0.452. The number of benzene rings is 1. The molecular formula is C20H25FN6O2. The molecule has 1 aromatic carbocycles. The molecule has 1 fully saturated rings. The largest absolute Gasteiger partial charge is 0.348 e. The number of carbonyl (C=O) groups excluding carboxylic acids is 2. The highest BCUT2D eigenvalue weighted by atomic mass is 19.1. The first-order valence-electron chi connectivity index (χ1n) is 9.90. The number of rotatable bonds is 2. The molecule has 0 saturated carbocycles. The highest BCUT2D eigenvalue weighted by Crippen LogP contribution is 2.29. The Kier molecular flexibility index (Phi) is 4.97. The van der Waals surface area contributed by atoms with E-state index in [1.807, 2.05) is 13.8 Å². The highest BCUT2D eigenvalue weighted by Gasteiger charge is 2.40. The van der Waals surface area contributed by atoms with Gasteiger partial charge in [0, 0.05) is 31.1 Å². The molecular weight excluding hydrogens is 375 g/mol. The number of hydrogen-bond acceptors (Lipinski definition) is 4. The summed E-state index contributed by atoms with van der Waals surface area (Å²) in [5, 5.41) is 10.5. The summed E-state index contributed by atoms with van der Waals surface area (Å²) in [6.45, 7) is 5.06. The maximum atomic E-state index is 13.6. The fourth-order valence-corrected chi connectivity index (χ4v) is 3.98. The second-order valence-corrected chi connectivity index (χ2v) is 8.12. The molecule has 1 spiro atoms. The zero-order chi connectivity index (χ0) is 20.6. The molecule has 2 aliphatic rings. The first-order valence-corrected chi connectivity index (χ1v) is 9.90. The fourth-order valence-electron chi connectivity index (χ4n) is 3.98. The normalized spacial score (nSPS) is 18.3. The molecule has 1 saturated heterocycles. The van der Waals surface area contributed by atoms with E-state index in [0.29, 0.717) is 49.6 Å². The lowest BCUT2D eigenvalue weighted by Crippen LogP contribution is -2.58. The van der Waals surface area contributed by atoms with Crippen molar-refractivity contribution < 1.29 is 14.0 Å². The molecule has 2 N–H and O–H groups in total. The van der Waals surface area contributed by atoms with E-state index in [9.17, 15) is 14.0 Å². The Labute approximate surface area is 168 Å². The Hall–Kier alpha value is -2.97. The second-order valence-electron chi connectivity index (χ2n) is 8.12. The van der Waals surface area contributed by atoms with Crippen molar-refractivity contribution >= 4 is 11.9 Å². The summed E-state index contributed by atoms with van der Waals surface area (Å²) in [5.41, 5.74) is 0.131. The van der Waals surface area contributed by atoms with Gasteiger partial charge in [-0.05, 0) is 38.8 Å². The van der Waals surface area contributed by atoms with Gasteiger partial charge >= 0.3 is 6.03 Å². The van der Waals surface area contributed by atoms with Crippen LogP contribution in [0.4, 0.5) is 9.18 Å². The number of urea groups is 1. The number of carbonyl (C=O) groups is 2. The Morgan fingerprint density at radius 2 is 2.07 bits per heavy atom. The summed E-state index contributed by atoms with van der Waals surface area (Å²) in [6.07, 6.45) is 1.82. The van der Waals surface area contributed by atoms with E-state index in [0.717, 1.165) is 0 Å². The SMILES string of the molecule is CC(C)NC(=O)N1CCC2(CC1)Cc1nc(-c3cccc(F)c3)nn1CC(=O)N2. The number of nitrogens with zero attached hydrogens (tertiary/aromatic N) is 4. The van der Waals surface area contributed by atoms with Gasteiger partial charge in [0.15, 0.2) is 5.82 Å². The Bertz CT molecular complexity index is 933. The van der Waals surface area contributed by atoms with Crippen molar-refractivity contribution in [2.24, 2.45) is 0 Å². The Balaban J connectivity index is 1.54. The van der Waals surface area contributed by atoms with Crippen LogP contribution < -0.4 is 10.6 Å². The van der Waals surface area contributed by atoms with Crippen LogP contribution in [0.2, 0.25) is 0 Å². The van der Waals surface area contributed by atoms with E-state index in [2.05, 4.69) is 20.7 Å². The average Bonchev–Trinajstić information content (AvgIpc) is 2.98. The van der Waals surface area contributed by atoms with Gasteiger partial charge in [-0.1, -0.05) is 12.1 Å². The van der Waals surface area contributed by atoms with Gasteiger partial charge < -0.3 is 15.5 Å². The third-order valence-corrected chi connectivity index (χ3v) is 5.45. The minimum absolute atomic E-state index is 0.0774. The van der Waals surface area contributed by atoms with Crippen LogP contribution in [0.1, 0.15) is 32.5 Å². The van der Waals surface area contributed by atoms with E-state index in [1.165, 1.54) is 12.1 Å². The number of amides is 3. The molecule has 4 rings (SSSR count). The lowest BCUT2D eigenvalue weighted by atomic mass is 9.84. The van der Waals surface area contributed by atoms with E-state index in [4.69, 9.17) is 0 Å². The molecule has 0 unspecified atom stereocenters. The number of likely N-dealkylation sites (tertiary alicyclic amines) is 1. The summed E-state index contributed by atoms with van der Waals surface area (Å²) in [6, 6.07) is 6.12. The van der Waals surface area contributed by atoms with Crippen LogP contribution in [-0.2, 0) is 17.8 Å². The molecule has 9 heteroatoms. The van der Waals surface area contributed by atoms with Crippen molar-refractivity contribution in [2.75, 3.05) is 13.1 Å².